The van der Waals surface area contributed by atoms with Gasteiger partial charge in [-0.15, -0.1) is 10.1 Å². The standard InChI is InChI=1S/C21H20N2O9.C15H19ClO2.C7H14/c1-14(22-13-24)21(26)32-18-8-6-15(11-19(18)29-2)7-9-20(25)31-17-5-3-4-16(10-17)12-30-23(27)28;16-13-7-4-8-14(11-13)18-10-2-1-5-12-6-3-9-15(12)17;1-3-5-7-6-4-2/h3-11,13-14H,12H2,1-2H3,(H,22,24);1,4-5,7-8,11-12,15,17H,2-3,6,9-10H2;3,5H,4,6-7H2,1-2H3/b9-7+;5-1+;5-3-. The second-order valence-electron chi connectivity index (χ2n) is 12.6. The van der Waals surface area contributed by atoms with E-state index in [4.69, 9.17) is 30.5 Å². The van der Waals surface area contributed by atoms with Crippen LogP contribution in [0.3, 0.4) is 0 Å². The molecule has 0 saturated heterocycles. The number of methoxy groups -OCH3 is 1. The Morgan fingerprint density at radius 1 is 1.02 bits per heavy atom. The summed E-state index contributed by atoms with van der Waals surface area (Å²) in [6.07, 6.45) is 19.4. The Hall–Kier alpha value is -5.66. The summed E-state index contributed by atoms with van der Waals surface area (Å²) in [4.78, 5) is 49.0. The summed E-state index contributed by atoms with van der Waals surface area (Å²) in [5, 5.41) is 22.0. The first-order chi connectivity index (χ1) is 27.5. The fraction of sp³-hybridized carbons (Fsp3) is 0.372. The number of esters is 2. The first-order valence-corrected chi connectivity index (χ1v) is 19.1. The van der Waals surface area contributed by atoms with E-state index in [2.05, 4.69) is 48.3 Å². The Kier molecular flexibility index (Phi) is 23.2. The summed E-state index contributed by atoms with van der Waals surface area (Å²) in [6, 6.07) is 17.3. The van der Waals surface area contributed by atoms with Crippen LogP contribution < -0.4 is 24.3 Å². The summed E-state index contributed by atoms with van der Waals surface area (Å²) < 4.78 is 21.2. The van der Waals surface area contributed by atoms with Crippen LogP contribution in [0.2, 0.25) is 5.02 Å². The number of aliphatic hydroxyl groups excluding tert-OH is 1. The van der Waals surface area contributed by atoms with E-state index in [1.807, 2.05) is 24.3 Å². The summed E-state index contributed by atoms with van der Waals surface area (Å²) in [6.45, 7) is 6.12. The number of nitrogens with zero attached hydrogens (tertiary/aromatic N) is 1. The van der Waals surface area contributed by atoms with Crippen molar-refractivity contribution in [2.75, 3.05) is 13.7 Å². The molecule has 3 unspecified atom stereocenters. The van der Waals surface area contributed by atoms with Crippen molar-refractivity contribution in [3.05, 3.63) is 123 Å². The van der Waals surface area contributed by atoms with Crippen molar-refractivity contribution < 1.29 is 48.4 Å². The van der Waals surface area contributed by atoms with Crippen LogP contribution in [0.1, 0.15) is 76.8 Å². The average Bonchev–Trinajstić information content (AvgIpc) is 3.61. The van der Waals surface area contributed by atoms with Crippen LogP contribution in [0, 0.1) is 16.0 Å². The van der Waals surface area contributed by atoms with Crippen LogP contribution in [-0.2, 0) is 25.8 Å². The van der Waals surface area contributed by atoms with Crippen molar-refractivity contribution in [1.82, 2.24) is 5.32 Å². The number of carbonyl (C=O) groups is 3. The van der Waals surface area contributed by atoms with Crippen molar-refractivity contribution in [2.45, 2.75) is 84.5 Å². The summed E-state index contributed by atoms with van der Waals surface area (Å²) in [5.41, 5.74) is 1.02. The molecule has 0 aliphatic heterocycles. The van der Waals surface area contributed by atoms with E-state index in [1.54, 1.807) is 24.3 Å². The van der Waals surface area contributed by atoms with Gasteiger partial charge in [-0.25, -0.2) is 9.59 Å². The average molecular weight is 809 g/mol. The molecule has 3 aromatic rings. The molecule has 14 heteroatoms. The lowest BCUT2D eigenvalue weighted by atomic mass is 10.1. The SMILES string of the molecule is C/C=C\CCCC.COc1cc(/C=C/C(=O)Oc2cccc(CO[N+](=O)[O-])c2)ccc1OC(=O)C(C)NC=O.OC1CCCC1/C=C/CCOc1cccc(Cl)c1. The van der Waals surface area contributed by atoms with Gasteiger partial charge in [0.1, 0.15) is 24.1 Å². The van der Waals surface area contributed by atoms with Crippen molar-refractivity contribution in [1.29, 1.82) is 0 Å². The molecule has 1 aliphatic carbocycles. The quantitative estimate of drug-likeness (QED) is 0.0174. The molecular weight excluding hydrogens is 756 g/mol. The lowest BCUT2D eigenvalue weighted by molar-refractivity contribution is -0.763. The molecule has 0 heterocycles. The monoisotopic (exact) mass is 808 g/mol. The number of nitrogens with one attached hydrogen (secondary N) is 1. The number of halogens is 1. The fourth-order valence-electron chi connectivity index (χ4n) is 5.13. The fourth-order valence-corrected chi connectivity index (χ4v) is 5.31. The molecule has 57 heavy (non-hydrogen) atoms. The van der Waals surface area contributed by atoms with Gasteiger partial charge in [0.05, 0.1) is 19.8 Å². The highest BCUT2D eigenvalue weighted by Gasteiger charge is 2.22. The first kappa shape index (κ1) is 47.5. The van der Waals surface area contributed by atoms with Crippen molar-refractivity contribution in [3.63, 3.8) is 0 Å². The van der Waals surface area contributed by atoms with Gasteiger partial charge in [0.2, 0.25) is 6.41 Å². The number of hydrogen-bond donors (Lipinski definition) is 2. The van der Waals surface area contributed by atoms with E-state index in [9.17, 15) is 29.6 Å². The molecule has 0 radical (unpaired) electrons. The van der Waals surface area contributed by atoms with E-state index in [1.165, 1.54) is 63.6 Å². The largest absolute Gasteiger partial charge is 0.493 e. The van der Waals surface area contributed by atoms with Gasteiger partial charge in [-0.2, -0.15) is 0 Å². The number of carbonyl (C=O) groups excluding carboxylic acids is 3. The third-order valence-corrected chi connectivity index (χ3v) is 8.39. The number of allylic oxidation sites excluding steroid dienone is 2. The van der Waals surface area contributed by atoms with E-state index < -0.39 is 23.1 Å². The molecule has 3 atom stereocenters. The minimum atomic E-state index is -0.912. The molecule has 0 spiro atoms. The third-order valence-electron chi connectivity index (χ3n) is 8.16. The first-order valence-electron chi connectivity index (χ1n) is 18.7. The van der Waals surface area contributed by atoms with E-state index in [0.717, 1.165) is 31.4 Å². The summed E-state index contributed by atoms with van der Waals surface area (Å²) in [7, 11) is 1.39. The van der Waals surface area contributed by atoms with Gasteiger partial charge in [0.25, 0.3) is 5.09 Å². The minimum Gasteiger partial charge on any atom is -0.493 e. The van der Waals surface area contributed by atoms with Crippen molar-refractivity contribution >= 4 is 36.0 Å². The van der Waals surface area contributed by atoms with Crippen molar-refractivity contribution in [2.24, 2.45) is 5.92 Å². The van der Waals surface area contributed by atoms with E-state index in [0.29, 0.717) is 35.1 Å². The Labute approximate surface area is 339 Å². The maximum absolute atomic E-state index is 12.1. The zero-order valence-electron chi connectivity index (χ0n) is 32.8. The number of rotatable bonds is 19. The van der Waals surface area contributed by atoms with Gasteiger partial charge >= 0.3 is 11.9 Å². The zero-order chi connectivity index (χ0) is 41.8. The van der Waals surface area contributed by atoms with E-state index >= 15 is 0 Å². The molecule has 3 aromatic carbocycles. The molecule has 4 rings (SSSR count). The van der Waals surface area contributed by atoms with Crippen LogP contribution >= 0.6 is 11.6 Å². The van der Waals surface area contributed by atoms with Crippen LogP contribution in [0.4, 0.5) is 0 Å². The molecule has 0 aromatic heterocycles. The predicted octanol–water partition coefficient (Wildman–Crippen LogP) is 8.64. The highest BCUT2D eigenvalue weighted by Crippen LogP contribution is 2.29. The lowest BCUT2D eigenvalue weighted by Gasteiger charge is -2.13. The number of benzene rings is 3. The molecule has 0 bridgehead atoms. The van der Waals surface area contributed by atoms with Crippen LogP contribution in [-0.4, -0.2) is 54.4 Å². The molecule has 2 N–H and O–H groups in total. The Balaban J connectivity index is 0.000000373. The second kappa shape index (κ2) is 27.8. The maximum atomic E-state index is 12.1. The molecule has 1 fully saturated rings. The summed E-state index contributed by atoms with van der Waals surface area (Å²) >= 11 is 5.87. The maximum Gasteiger partial charge on any atom is 0.336 e. The Morgan fingerprint density at radius 2 is 1.79 bits per heavy atom. The van der Waals surface area contributed by atoms with Gasteiger partial charge in [0.15, 0.2) is 11.5 Å². The number of ether oxygens (including phenoxy) is 4. The molecule has 1 aliphatic rings. The molecule has 1 saturated carbocycles. The van der Waals surface area contributed by atoms with Gasteiger partial charge in [0, 0.05) is 17.0 Å². The number of aliphatic hydroxyl groups is 1. The highest BCUT2D eigenvalue weighted by molar-refractivity contribution is 6.30. The smallest absolute Gasteiger partial charge is 0.336 e. The van der Waals surface area contributed by atoms with Crippen LogP contribution in [0.15, 0.2) is 97.1 Å². The number of hydrogen-bond acceptors (Lipinski definition) is 11. The number of unbranched alkanes of at least 4 members (excludes halogenated alkanes) is 2. The Bertz CT molecular complexity index is 1780. The normalized spacial score (nSPS) is 15.1. The second-order valence-corrected chi connectivity index (χ2v) is 13.1. The minimum absolute atomic E-state index is 0.143. The van der Waals surface area contributed by atoms with Gasteiger partial charge in [-0.05, 0) is 99.2 Å². The van der Waals surface area contributed by atoms with Crippen molar-refractivity contribution in [3.8, 4) is 23.0 Å². The molecule has 13 nitrogen and oxygen atoms in total. The Morgan fingerprint density at radius 3 is 2.46 bits per heavy atom. The van der Waals surface area contributed by atoms with Gasteiger partial charge in [-0.1, -0.05) is 86.4 Å². The molecule has 1 amide bonds. The molecular formula is C43H53ClN2O11. The predicted molar refractivity (Wildman–Crippen MR) is 219 cm³/mol. The van der Waals surface area contributed by atoms with Gasteiger partial charge < -0.3 is 34.2 Å². The lowest BCUT2D eigenvalue weighted by Crippen LogP contribution is -2.36. The summed E-state index contributed by atoms with van der Waals surface area (Å²) in [5.74, 6) is 0.375. The molecule has 308 valence electrons. The zero-order valence-corrected chi connectivity index (χ0v) is 33.6. The van der Waals surface area contributed by atoms with Crippen LogP contribution in [0.25, 0.3) is 6.08 Å². The van der Waals surface area contributed by atoms with Crippen LogP contribution in [0.5, 0.6) is 23.0 Å². The highest BCUT2D eigenvalue weighted by atomic mass is 35.5. The van der Waals surface area contributed by atoms with E-state index in [-0.39, 0.29) is 30.0 Å². The topological polar surface area (TPSA) is 173 Å². The third kappa shape index (κ3) is 20.2. The van der Waals surface area contributed by atoms with Gasteiger partial charge in [-0.3, -0.25) is 4.79 Å². The number of amides is 1.